The maximum Gasteiger partial charge on any atom is 0.323 e. The van der Waals surface area contributed by atoms with E-state index in [1.165, 1.54) is 0 Å². The molecule has 42 heavy (non-hydrogen) atoms. The number of rotatable bonds is 8. The zero-order valence-corrected chi connectivity index (χ0v) is 24.3. The maximum absolute atomic E-state index is 13.9. The summed E-state index contributed by atoms with van der Waals surface area (Å²) in [6.45, 7) is 5.73. The van der Waals surface area contributed by atoms with E-state index in [0.29, 0.717) is 71.8 Å². The fourth-order valence-corrected chi connectivity index (χ4v) is 7.29. The van der Waals surface area contributed by atoms with Gasteiger partial charge in [0.2, 0.25) is 0 Å². The Morgan fingerprint density at radius 3 is 2.52 bits per heavy atom. The third kappa shape index (κ3) is 5.23. The van der Waals surface area contributed by atoms with Crippen LogP contribution in [0.15, 0.2) is 71.8 Å². The number of aromatic amines is 1. The Labute approximate surface area is 244 Å². The van der Waals surface area contributed by atoms with Gasteiger partial charge < -0.3 is 20.3 Å². The molecule has 0 unspecified atom stereocenters. The van der Waals surface area contributed by atoms with Gasteiger partial charge in [0.05, 0.1) is 47.4 Å². The number of anilines is 3. The first-order valence-electron chi connectivity index (χ1n) is 14.0. The number of amides is 2. The fraction of sp³-hybridized carbons (Fsp3) is 0.333. The number of aryl methyl sites for hydroxylation is 1. The lowest BCUT2D eigenvalue weighted by molar-refractivity contribution is 0.0925. The van der Waals surface area contributed by atoms with E-state index >= 15 is 0 Å². The van der Waals surface area contributed by atoms with Crippen molar-refractivity contribution in [1.29, 1.82) is 0 Å². The Balaban J connectivity index is 1.34. The van der Waals surface area contributed by atoms with Crippen molar-refractivity contribution in [3.8, 4) is 11.4 Å². The molecule has 6 rings (SSSR count). The minimum Gasteiger partial charge on any atom is -0.377 e. The summed E-state index contributed by atoms with van der Waals surface area (Å²) in [4.78, 5) is 24.8. The van der Waals surface area contributed by atoms with Crippen LogP contribution in [0.1, 0.15) is 37.6 Å². The normalized spacial score (nSPS) is 18.0. The minimum absolute atomic E-state index is 0.124. The quantitative estimate of drug-likeness (QED) is 0.264. The summed E-state index contributed by atoms with van der Waals surface area (Å²) in [5.41, 5.74) is 3.14. The molecular formula is C30H33N7O4S. The molecule has 1 aliphatic carbocycles. The highest BCUT2D eigenvalue weighted by Crippen LogP contribution is 2.55. The molecule has 1 atom stereocenters. The van der Waals surface area contributed by atoms with Gasteiger partial charge in [-0.2, -0.15) is 5.10 Å². The van der Waals surface area contributed by atoms with Gasteiger partial charge in [0.25, 0.3) is 0 Å². The summed E-state index contributed by atoms with van der Waals surface area (Å²) in [5, 5.41) is 12.3. The van der Waals surface area contributed by atoms with E-state index in [1.807, 2.05) is 31.2 Å². The van der Waals surface area contributed by atoms with Crippen LogP contribution in [0.25, 0.3) is 11.4 Å². The number of morpholine rings is 1. The molecule has 3 heterocycles. The summed E-state index contributed by atoms with van der Waals surface area (Å²) < 4.78 is 32.4. The molecule has 218 valence electrons. The minimum atomic E-state index is -3.69. The fourth-order valence-electron chi connectivity index (χ4n) is 5.30. The van der Waals surface area contributed by atoms with Gasteiger partial charge in [-0.3, -0.25) is 5.10 Å². The number of hydrogen-bond acceptors (Lipinski definition) is 8. The van der Waals surface area contributed by atoms with E-state index < -0.39 is 20.6 Å². The van der Waals surface area contributed by atoms with E-state index in [2.05, 4.69) is 32.7 Å². The molecule has 2 aromatic carbocycles. The largest absolute Gasteiger partial charge is 0.377 e. The van der Waals surface area contributed by atoms with Crippen LogP contribution in [0.4, 0.5) is 22.0 Å². The molecule has 0 radical (unpaired) electrons. The molecule has 2 aromatic heterocycles. The Hall–Kier alpha value is -4.29. The molecule has 1 aliphatic heterocycles. The van der Waals surface area contributed by atoms with Crippen LogP contribution in [-0.4, -0.2) is 60.4 Å². The predicted octanol–water partition coefficient (Wildman–Crippen LogP) is 4.90. The smallest absolute Gasteiger partial charge is 0.323 e. The second-order valence-electron chi connectivity index (χ2n) is 10.6. The highest BCUT2D eigenvalue weighted by Gasteiger charge is 2.58. The van der Waals surface area contributed by atoms with Crippen molar-refractivity contribution in [3.63, 3.8) is 0 Å². The number of aromatic nitrogens is 4. The number of urea groups is 1. The van der Waals surface area contributed by atoms with Gasteiger partial charge in [0.1, 0.15) is 10.6 Å². The van der Waals surface area contributed by atoms with Crippen molar-refractivity contribution in [2.45, 2.75) is 48.8 Å². The molecular weight excluding hydrogens is 554 g/mol. The van der Waals surface area contributed by atoms with Gasteiger partial charge in [-0.25, -0.2) is 23.2 Å². The summed E-state index contributed by atoms with van der Waals surface area (Å²) in [5.74, 6) is 1.13. The summed E-state index contributed by atoms with van der Waals surface area (Å²) >= 11 is 0. The number of carbonyl (C=O) groups excluding carboxylic acids is 1. The van der Waals surface area contributed by atoms with Crippen molar-refractivity contribution < 1.29 is 17.9 Å². The molecule has 0 bridgehead atoms. The molecule has 2 aliphatic rings. The molecule has 11 nitrogen and oxygen atoms in total. The topological polar surface area (TPSA) is 142 Å². The standard InChI is InChI=1S/C30H33N7O4S/c1-3-23-19-41-16-15-37(23)27-17-26(30(13-14-30)42(39,40)24-7-5-4-6-8-24)34-28(35-27)21-9-11-22(12-10-21)32-29(38)33-25-18-31-36-20(25)2/h4-12,17-18,23H,3,13-16,19H2,1-2H3,(H,31,36)(H2,32,33,38)/t23-/m0/s1. The number of sulfone groups is 1. The van der Waals surface area contributed by atoms with Crippen molar-refractivity contribution in [3.05, 3.63) is 78.2 Å². The number of hydrogen-bond donors (Lipinski definition) is 3. The number of benzene rings is 2. The van der Waals surface area contributed by atoms with Crippen LogP contribution < -0.4 is 15.5 Å². The zero-order chi connectivity index (χ0) is 29.3. The zero-order valence-electron chi connectivity index (χ0n) is 23.5. The Kier molecular flexibility index (Phi) is 7.42. The van der Waals surface area contributed by atoms with Gasteiger partial charge in [0, 0.05) is 23.9 Å². The second-order valence-corrected chi connectivity index (χ2v) is 12.9. The van der Waals surface area contributed by atoms with Gasteiger partial charge in [0.15, 0.2) is 15.7 Å². The van der Waals surface area contributed by atoms with Crippen LogP contribution in [0.2, 0.25) is 0 Å². The van der Waals surface area contributed by atoms with E-state index in [0.717, 1.165) is 12.1 Å². The van der Waals surface area contributed by atoms with Gasteiger partial charge in [-0.15, -0.1) is 0 Å². The van der Waals surface area contributed by atoms with Crippen LogP contribution in [0.3, 0.4) is 0 Å². The molecule has 2 fully saturated rings. The van der Waals surface area contributed by atoms with Gasteiger partial charge in [-0.05, 0) is 62.6 Å². The molecule has 1 saturated heterocycles. The lowest BCUT2D eigenvalue weighted by Crippen LogP contribution is -2.45. The van der Waals surface area contributed by atoms with E-state index in [-0.39, 0.29) is 6.04 Å². The average molecular weight is 588 g/mol. The third-order valence-electron chi connectivity index (χ3n) is 7.92. The monoisotopic (exact) mass is 587 g/mol. The number of nitrogens with one attached hydrogen (secondary N) is 3. The number of nitrogens with zero attached hydrogens (tertiary/aromatic N) is 4. The van der Waals surface area contributed by atoms with E-state index in [4.69, 9.17) is 14.7 Å². The van der Waals surface area contributed by atoms with Crippen molar-refractivity contribution in [1.82, 2.24) is 20.2 Å². The summed E-state index contributed by atoms with van der Waals surface area (Å²) in [6.07, 6.45) is 3.40. The molecule has 1 saturated carbocycles. The molecule has 3 N–H and O–H groups in total. The highest BCUT2D eigenvalue weighted by molar-refractivity contribution is 7.92. The molecule has 4 aromatic rings. The summed E-state index contributed by atoms with van der Waals surface area (Å²) in [7, 11) is -3.69. The average Bonchev–Trinajstić information content (AvgIpc) is 3.75. The number of H-pyrrole nitrogens is 1. The summed E-state index contributed by atoms with van der Waals surface area (Å²) in [6, 6.07) is 17.3. The maximum atomic E-state index is 13.9. The van der Waals surface area contributed by atoms with Crippen LogP contribution >= 0.6 is 0 Å². The Morgan fingerprint density at radius 2 is 1.86 bits per heavy atom. The first-order chi connectivity index (χ1) is 20.3. The number of carbonyl (C=O) groups is 1. The van der Waals surface area contributed by atoms with Gasteiger partial charge in [-0.1, -0.05) is 25.1 Å². The van der Waals surface area contributed by atoms with Crippen molar-refractivity contribution in [2.24, 2.45) is 0 Å². The van der Waals surface area contributed by atoms with Crippen molar-refractivity contribution >= 4 is 33.1 Å². The van der Waals surface area contributed by atoms with Crippen LogP contribution in [0.5, 0.6) is 0 Å². The van der Waals surface area contributed by atoms with Crippen LogP contribution in [-0.2, 0) is 19.3 Å². The first-order valence-corrected chi connectivity index (χ1v) is 15.5. The van der Waals surface area contributed by atoms with Crippen molar-refractivity contribution in [2.75, 3.05) is 35.3 Å². The molecule has 2 amide bonds. The highest BCUT2D eigenvalue weighted by atomic mass is 32.2. The molecule has 0 spiro atoms. The number of ether oxygens (including phenoxy) is 1. The SMILES string of the molecule is CC[C@H]1COCCN1c1cc(C2(S(=O)(=O)c3ccccc3)CC2)nc(-c2ccc(NC(=O)Nc3cn[nH]c3C)cc2)n1. The Morgan fingerprint density at radius 1 is 1.10 bits per heavy atom. The third-order valence-corrected chi connectivity index (χ3v) is 10.5. The van der Waals surface area contributed by atoms with E-state index in [1.54, 1.807) is 42.6 Å². The molecule has 12 heteroatoms. The van der Waals surface area contributed by atoms with Gasteiger partial charge >= 0.3 is 6.03 Å². The first kappa shape index (κ1) is 27.9. The second kappa shape index (κ2) is 11.2. The van der Waals surface area contributed by atoms with E-state index in [9.17, 15) is 13.2 Å². The lowest BCUT2D eigenvalue weighted by Gasteiger charge is -2.36. The lowest BCUT2D eigenvalue weighted by atomic mass is 10.1. The Bertz CT molecular complexity index is 1690. The van der Waals surface area contributed by atoms with Crippen LogP contribution in [0, 0.1) is 6.92 Å². The predicted molar refractivity (Wildman–Crippen MR) is 160 cm³/mol.